The zero-order valence-electron chi connectivity index (χ0n) is 12.3. The van der Waals surface area contributed by atoms with E-state index in [-0.39, 0.29) is 16.8 Å². The van der Waals surface area contributed by atoms with Gasteiger partial charge in [0, 0.05) is 31.9 Å². The van der Waals surface area contributed by atoms with Crippen molar-refractivity contribution in [3.05, 3.63) is 6.20 Å². The van der Waals surface area contributed by atoms with E-state index in [1.165, 1.54) is 6.20 Å². The number of nitrogens with two attached hydrogens (primary N) is 1. The molecule has 1 fully saturated rings. The zero-order valence-corrected chi connectivity index (χ0v) is 13.1. The lowest BCUT2D eigenvalue weighted by molar-refractivity contribution is 0.290. The van der Waals surface area contributed by atoms with Crippen LogP contribution >= 0.6 is 0 Å². The third-order valence-electron chi connectivity index (χ3n) is 3.65. The third kappa shape index (κ3) is 2.82. The van der Waals surface area contributed by atoms with Crippen LogP contribution < -0.4 is 5.73 Å². The minimum Gasteiger partial charge on any atom is -0.381 e. The van der Waals surface area contributed by atoms with Crippen LogP contribution in [-0.4, -0.2) is 60.1 Å². The van der Waals surface area contributed by atoms with Gasteiger partial charge in [0.1, 0.15) is 4.90 Å². The Morgan fingerprint density at radius 1 is 1.45 bits per heavy atom. The monoisotopic (exact) mass is 301 g/mol. The van der Waals surface area contributed by atoms with E-state index in [1.54, 1.807) is 8.99 Å². The standard InChI is InChI=1S/C12H23N5O2S/c1-4-16-9-11(12(13)14-16)20(18,19)17-7-5-6-15(3)8-10(17)2/h9-10H,4-8H2,1-3H3,(H2,13,14). The van der Waals surface area contributed by atoms with Crippen molar-refractivity contribution in [3.63, 3.8) is 0 Å². The molecule has 114 valence electrons. The molecule has 0 amide bonds. The molecule has 2 N–H and O–H groups in total. The lowest BCUT2D eigenvalue weighted by Gasteiger charge is -2.26. The fourth-order valence-corrected chi connectivity index (χ4v) is 4.33. The molecule has 1 aromatic rings. The van der Waals surface area contributed by atoms with Crippen LogP contribution in [0.3, 0.4) is 0 Å². The third-order valence-corrected chi connectivity index (χ3v) is 5.68. The van der Waals surface area contributed by atoms with Crippen LogP contribution in [0.1, 0.15) is 20.3 Å². The second-order valence-corrected chi connectivity index (χ2v) is 7.17. The van der Waals surface area contributed by atoms with Gasteiger partial charge in [-0.2, -0.15) is 9.40 Å². The SMILES string of the molecule is CCn1cc(S(=O)(=O)N2CCCN(C)CC2C)c(N)n1. The summed E-state index contributed by atoms with van der Waals surface area (Å²) in [6.07, 6.45) is 2.34. The molecule has 8 heteroatoms. The Labute approximate surface area is 120 Å². The highest BCUT2D eigenvalue weighted by Gasteiger charge is 2.33. The smallest absolute Gasteiger partial charge is 0.248 e. The molecule has 2 rings (SSSR count). The summed E-state index contributed by atoms with van der Waals surface area (Å²) in [5.74, 6) is 0.0802. The van der Waals surface area contributed by atoms with Crippen molar-refractivity contribution in [1.82, 2.24) is 19.0 Å². The Balaban J connectivity index is 2.35. The highest BCUT2D eigenvalue weighted by molar-refractivity contribution is 7.89. The number of aryl methyl sites for hydroxylation is 1. The molecule has 0 aliphatic carbocycles. The number of nitrogen functional groups attached to an aromatic ring is 1. The summed E-state index contributed by atoms with van der Waals surface area (Å²) < 4.78 is 28.7. The summed E-state index contributed by atoms with van der Waals surface area (Å²) in [7, 11) is -1.57. The van der Waals surface area contributed by atoms with Gasteiger partial charge in [-0.05, 0) is 33.9 Å². The topological polar surface area (TPSA) is 84.5 Å². The normalized spacial score (nSPS) is 22.9. The molecule has 1 unspecified atom stereocenters. The van der Waals surface area contributed by atoms with Crippen molar-refractivity contribution in [2.75, 3.05) is 32.4 Å². The van der Waals surface area contributed by atoms with Gasteiger partial charge in [0.15, 0.2) is 5.82 Å². The van der Waals surface area contributed by atoms with Crippen molar-refractivity contribution in [3.8, 4) is 0 Å². The Hall–Kier alpha value is -1.12. The van der Waals surface area contributed by atoms with Gasteiger partial charge in [0.25, 0.3) is 0 Å². The number of aromatic nitrogens is 2. The van der Waals surface area contributed by atoms with E-state index in [0.29, 0.717) is 13.1 Å². The van der Waals surface area contributed by atoms with Gasteiger partial charge in [-0.3, -0.25) is 4.68 Å². The molecule has 20 heavy (non-hydrogen) atoms. The fourth-order valence-electron chi connectivity index (χ4n) is 2.61. The lowest BCUT2D eigenvalue weighted by Crippen LogP contribution is -2.42. The first-order valence-corrected chi connectivity index (χ1v) is 8.33. The van der Waals surface area contributed by atoms with E-state index in [0.717, 1.165) is 19.5 Å². The summed E-state index contributed by atoms with van der Waals surface area (Å²) in [4.78, 5) is 2.27. The van der Waals surface area contributed by atoms with Crippen LogP contribution in [0, 0.1) is 0 Å². The fraction of sp³-hybridized carbons (Fsp3) is 0.750. The maximum Gasteiger partial charge on any atom is 0.248 e. The second-order valence-electron chi connectivity index (χ2n) is 5.31. The molecule has 2 heterocycles. The summed E-state index contributed by atoms with van der Waals surface area (Å²) in [6.45, 7) is 6.57. The minimum atomic E-state index is -3.58. The van der Waals surface area contributed by atoms with E-state index in [1.807, 2.05) is 20.9 Å². The predicted octanol–water partition coefficient (Wildman–Crippen LogP) is 0.200. The number of nitrogens with zero attached hydrogens (tertiary/aromatic N) is 4. The van der Waals surface area contributed by atoms with Crippen LogP contribution in [-0.2, 0) is 16.6 Å². The highest BCUT2D eigenvalue weighted by atomic mass is 32.2. The van der Waals surface area contributed by atoms with Gasteiger partial charge < -0.3 is 10.6 Å². The first-order valence-electron chi connectivity index (χ1n) is 6.89. The van der Waals surface area contributed by atoms with E-state index in [2.05, 4.69) is 10.00 Å². The maximum atomic E-state index is 12.8. The van der Waals surface area contributed by atoms with Crippen molar-refractivity contribution in [1.29, 1.82) is 0 Å². The largest absolute Gasteiger partial charge is 0.381 e. The quantitative estimate of drug-likeness (QED) is 0.862. The van der Waals surface area contributed by atoms with Gasteiger partial charge >= 0.3 is 0 Å². The molecule has 1 aromatic heterocycles. The van der Waals surface area contributed by atoms with E-state index in [9.17, 15) is 8.42 Å². The molecule has 0 saturated carbocycles. The van der Waals surface area contributed by atoms with Crippen LogP contribution in [0.4, 0.5) is 5.82 Å². The number of sulfonamides is 1. The lowest BCUT2D eigenvalue weighted by atomic mass is 10.3. The van der Waals surface area contributed by atoms with Crippen molar-refractivity contribution in [2.24, 2.45) is 0 Å². The molecule has 0 bridgehead atoms. The van der Waals surface area contributed by atoms with Crippen molar-refractivity contribution in [2.45, 2.75) is 37.8 Å². The van der Waals surface area contributed by atoms with Crippen molar-refractivity contribution < 1.29 is 8.42 Å². The molecule has 7 nitrogen and oxygen atoms in total. The summed E-state index contributed by atoms with van der Waals surface area (Å²) in [5, 5.41) is 4.03. The number of hydrogen-bond acceptors (Lipinski definition) is 5. The summed E-state index contributed by atoms with van der Waals surface area (Å²) in [6, 6.07) is -0.0723. The minimum absolute atomic E-state index is 0.0723. The maximum absolute atomic E-state index is 12.8. The Morgan fingerprint density at radius 2 is 2.15 bits per heavy atom. The first-order chi connectivity index (χ1) is 9.36. The van der Waals surface area contributed by atoms with Gasteiger partial charge in [0.2, 0.25) is 10.0 Å². The number of rotatable bonds is 3. The van der Waals surface area contributed by atoms with Gasteiger partial charge in [-0.15, -0.1) is 0 Å². The Bertz CT molecular complexity index is 568. The predicted molar refractivity (Wildman–Crippen MR) is 77.8 cm³/mol. The van der Waals surface area contributed by atoms with Gasteiger partial charge in [-0.25, -0.2) is 8.42 Å². The van der Waals surface area contributed by atoms with Gasteiger partial charge in [-0.1, -0.05) is 0 Å². The van der Waals surface area contributed by atoms with E-state index in [4.69, 9.17) is 5.73 Å². The molecule has 0 radical (unpaired) electrons. The average molecular weight is 301 g/mol. The van der Waals surface area contributed by atoms with Gasteiger partial charge in [0.05, 0.1) is 0 Å². The molecule has 1 aliphatic rings. The van der Waals surface area contributed by atoms with E-state index >= 15 is 0 Å². The zero-order chi connectivity index (χ0) is 14.9. The molecule has 1 atom stereocenters. The van der Waals surface area contributed by atoms with E-state index < -0.39 is 10.0 Å². The Kier molecular flexibility index (Phi) is 4.36. The van der Waals surface area contributed by atoms with Crippen LogP contribution in [0.2, 0.25) is 0 Å². The second kappa shape index (κ2) is 5.71. The van der Waals surface area contributed by atoms with Crippen LogP contribution in [0.5, 0.6) is 0 Å². The molecular formula is C12H23N5O2S. The summed E-state index contributed by atoms with van der Waals surface area (Å²) in [5.41, 5.74) is 5.77. The number of anilines is 1. The first kappa shape index (κ1) is 15.3. The molecular weight excluding hydrogens is 278 g/mol. The van der Waals surface area contributed by atoms with Crippen LogP contribution in [0.15, 0.2) is 11.1 Å². The highest BCUT2D eigenvalue weighted by Crippen LogP contribution is 2.24. The van der Waals surface area contributed by atoms with Crippen molar-refractivity contribution >= 4 is 15.8 Å². The summed E-state index contributed by atoms with van der Waals surface area (Å²) >= 11 is 0. The molecule has 0 aromatic carbocycles. The Morgan fingerprint density at radius 3 is 2.75 bits per heavy atom. The average Bonchev–Trinajstić information content (AvgIpc) is 2.67. The molecule has 0 spiro atoms. The molecule has 1 saturated heterocycles. The number of likely N-dealkylation sites (N-methyl/N-ethyl adjacent to an activating group) is 1. The molecule has 1 aliphatic heterocycles. The van der Waals surface area contributed by atoms with Crippen LogP contribution in [0.25, 0.3) is 0 Å². The number of hydrogen-bond donors (Lipinski definition) is 1.